The smallest absolute Gasteiger partial charge is 0.311 e. The Bertz CT molecular complexity index is 960. The van der Waals surface area contributed by atoms with Crippen molar-refractivity contribution in [3.63, 3.8) is 0 Å². The Morgan fingerprint density at radius 2 is 1.62 bits per heavy atom. The van der Waals surface area contributed by atoms with Gasteiger partial charge in [-0.15, -0.1) is 0 Å². The molecule has 8 nitrogen and oxygen atoms in total. The van der Waals surface area contributed by atoms with Gasteiger partial charge in [0.15, 0.2) is 15.6 Å². The zero-order valence-corrected chi connectivity index (χ0v) is 17.1. The Labute approximate surface area is 169 Å². The van der Waals surface area contributed by atoms with Gasteiger partial charge in [-0.1, -0.05) is 32.0 Å². The Hall–Kier alpha value is -2.26. The third-order valence-electron chi connectivity index (χ3n) is 7.21. The molecule has 29 heavy (non-hydrogen) atoms. The molecule has 158 valence electrons. The SMILES string of the molecule is CCC1(C(=O)O)C(C(=O)CN)C(S(=O)(=O)c2ccccc2)C2C(C(=O)O)C21CC. The van der Waals surface area contributed by atoms with Gasteiger partial charge in [0.2, 0.25) is 0 Å². The lowest BCUT2D eigenvalue weighted by Crippen LogP contribution is -2.53. The van der Waals surface area contributed by atoms with Crippen molar-refractivity contribution in [2.24, 2.45) is 34.3 Å². The van der Waals surface area contributed by atoms with E-state index in [0.29, 0.717) is 0 Å². The molecule has 1 aromatic carbocycles. The Kier molecular flexibility index (Phi) is 5.11. The lowest BCUT2D eigenvalue weighted by Gasteiger charge is -2.40. The summed E-state index contributed by atoms with van der Waals surface area (Å²) >= 11 is 0. The Morgan fingerprint density at radius 1 is 1.03 bits per heavy atom. The fourth-order valence-electron chi connectivity index (χ4n) is 6.21. The van der Waals surface area contributed by atoms with Gasteiger partial charge in [-0.3, -0.25) is 14.4 Å². The highest BCUT2D eigenvalue weighted by Gasteiger charge is 2.89. The van der Waals surface area contributed by atoms with E-state index >= 15 is 0 Å². The maximum atomic E-state index is 13.6. The molecule has 3 rings (SSSR count). The fraction of sp³-hybridized carbons (Fsp3) is 0.550. The van der Waals surface area contributed by atoms with Crippen molar-refractivity contribution in [2.45, 2.75) is 36.8 Å². The second-order valence-corrected chi connectivity index (χ2v) is 9.94. The van der Waals surface area contributed by atoms with Gasteiger partial charge in [0.25, 0.3) is 0 Å². The van der Waals surface area contributed by atoms with Crippen LogP contribution in [0.4, 0.5) is 0 Å². The fourth-order valence-corrected chi connectivity index (χ4v) is 8.59. The second kappa shape index (κ2) is 6.91. The number of carboxylic acids is 2. The van der Waals surface area contributed by atoms with Gasteiger partial charge < -0.3 is 15.9 Å². The van der Waals surface area contributed by atoms with E-state index in [4.69, 9.17) is 5.73 Å². The van der Waals surface area contributed by atoms with Gasteiger partial charge in [0.05, 0.1) is 33.9 Å². The standard InChI is InChI=1S/C20H25NO7S/c1-3-19-14(15(19)17(23)24)16(29(27,28)11-8-6-5-7-9-11)13(12(22)10-21)20(19,4-2)18(25)26/h5-9,13-16H,3-4,10,21H2,1-2H3,(H,23,24)(H,25,26). The molecule has 1 aromatic rings. The largest absolute Gasteiger partial charge is 0.481 e. The quantitative estimate of drug-likeness (QED) is 0.564. The molecule has 0 amide bonds. The molecule has 0 heterocycles. The highest BCUT2D eigenvalue weighted by atomic mass is 32.2. The molecule has 0 bridgehead atoms. The molecule has 4 N–H and O–H groups in total. The predicted octanol–water partition coefficient (Wildman–Crippen LogP) is 1.19. The molecule has 0 aromatic heterocycles. The Balaban J connectivity index is 2.34. The van der Waals surface area contributed by atoms with E-state index in [1.165, 1.54) is 24.3 Å². The number of carboxylic acid groups (broad SMARTS) is 2. The third kappa shape index (κ3) is 2.46. The average Bonchev–Trinajstić information content (AvgIpc) is 3.29. The first-order valence-electron chi connectivity index (χ1n) is 9.57. The van der Waals surface area contributed by atoms with Crippen LogP contribution in [0, 0.1) is 28.6 Å². The van der Waals surface area contributed by atoms with Crippen molar-refractivity contribution in [3.8, 4) is 0 Å². The highest BCUT2D eigenvalue weighted by molar-refractivity contribution is 7.92. The van der Waals surface area contributed by atoms with Gasteiger partial charge >= 0.3 is 11.9 Å². The summed E-state index contributed by atoms with van der Waals surface area (Å²) in [6.07, 6.45) is 0.0810. The van der Waals surface area contributed by atoms with E-state index in [1.807, 2.05) is 0 Å². The van der Waals surface area contributed by atoms with E-state index < -0.39 is 67.9 Å². The zero-order valence-electron chi connectivity index (χ0n) is 16.2. The number of hydrogen-bond acceptors (Lipinski definition) is 6. The summed E-state index contributed by atoms with van der Waals surface area (Å²) in [6.45, 7) is 2.71. The van der Waals surface area contributed by atoms with Crippen molar-refractivity contribution in [1.29, 1.82) is 0 Å². The van der Waals surface area contributed by atoms with E-state index in [2.05, 4.69) is 0 Å². The second-order valence-electron chi connectivity index (χ2n) is 7.84. The maximum absolute atomic E-state index is 13.6. The van der Waals surface area contributed by atoms with Gasteiger partial charge in [-0.25, -0.2) is 8.42 Å². The number of benzene rings is 1. The van der Waals surface area contributed by atoms with Crippen LogP contribution >= 0.6 is 0 Å². The van der Waals surface area contributed by atoms with Gasteiger partial charge in [0, 0.05) is 5.41 Å². The minimum atomic E-state index is -4.18. The summed E-state index contributed by atoms with van der Waals surface area (Å²) in [5, 5.41) is 18.6. The molecule has 0 spiro atoms. The third-order valence-corrected chi connectivity index (χ3v) is 9.42. The molecule has 2 saturated carbocycles. The Morgan fingerprint density at radius 3 is 2.03 bits per heavy atom. The molecule has 0 saturated heterocycles. The van der Waals surface area contributed by atoms with Crippen LogP contribution in [-0.4, -0.2) is 48.1 Å². The number of nitrogens with two attached hydrogens (primary N) is 1. The van der Waals surface area contributed by atoms with Crippen molar-refractivity contribution < 1.29 is 33.0 Å². The molecule has 0 aliphatic heterocycles. The summed E-state index contributed by atoms with van der Waals surface area (Å²) in [5.41, 5.74) is 2.43. The summed E-state index contributed by atoms with van der Waals surface area (Å²) in [4.78, 5) is 37.4. The predicted molar refractivity (Wildman–Crippen MR) is 103 cm³/mol. The molecule has 2 aliphatic carbocycles. The summed E-state index contributed by atoms with van der Waals surface area (Å²) in [7, 11) is -4.18. The summed E-state index contributed by atoms with van der Waals surface area (Å²) < 4.78 is 27.2. The van der Waals surface area contributed by atoms with Gasteiger partial charge in [-0.05, 0) is 30.9 Å². The van der Waals surface area contributed by atoms with Crippen LogP contribution < -0.4 is 5.73 Å². The monoisotopic (exact) mass is 423 g/mol. The number of Topliss-reactive ketones (excluding diaryl/α,β-unsaturated/α-hetero) is 1. The van der Waals surface area contributed by atoms with Crippen molar-refractivity contribution in [1.82, 2.24) is 0 Å². The van der Waals surface area contributed by atoms with Crippen LogP contribution in [0.15, 0.2) is 35.2 Å². The van der Waals surface area contributed by atoms with Crippen LogP contribution in [0.2, 0.25) is 0 Å². The molecule has 2 aliphatic rings. The zero-order chi connectivity index (χ0) is 21.8. The number of ketones is 1. The van der Waals surface area contributed by atoms with Gasteiger partial charge in [-0.2, -0.15) is 0 Å². The van der Waals surface area contributed by atoms with Crippen LogP contribution in [0.5, 0.6) is 0 Å². The number of carbonyl (C=O) groups is 3. The highest BCUT2D eigenvalue weighted by Crippen LogP contribution is 2.81. The van der Waals surface area contributed by atoms with E-state index in [1.54, 1.807) is 19.9 Å². The first-order valence-corrected chi connectivity index (χ1v) is 11.1. The van der Waals surface area contributed by atoms with Crippen molar-refractivity contribution in [3.05, 3.63) is 30.3 Å². The first kappa shape index (κ1) is 21.4. The lowest BCUT2D eigenvalue weighted by molar-refractivity contribution is -0.163. The molecule has 6 atom stereocenters. The van der Waals surface area contributed by atoms with E-state index in [9.17, 15) is 33.0 Å². The summed E-state index contributed by atoms with van der Waals surface area (Å²) in [5.74, 6) is -6.75. The number of hydrogen-bond donors (Lipinski definition) is 3. The molecule has 0 radical (unpaired) electrons. The number of sulfone groups is 1. The molecule has 9 heteroatoms. The van der Waals surface area contributed by atoms with Crippen LogP contribution in [0.1, 0.15) is 26.7 Å². The number of rotatable bonds is 8. The van der Waals surface area contributed by atoms with Gasteiger partial charge in [0.1, 0.15) is 0 Å². The summed E-state index contributed by atoms with van der Waals surface area (Å²) in [6, 6.07) is 7.44. The molecule has 6 unspecified atom stereocenters. The normalized spacial score (nSPS) is 35.7. The van der Waals surface area contributed by atoms with E-state index in [-0.39, 0.29) is 17.7 Å². The minimum Gasteiger partial charge on any atom is -0.481 e. The average molecular weight is 423 g/mol. The van der Waals surface area contributed by atoms with E-state index in [0.717, 1.165) is 0 Å². The maximum Gasteiger partial charge on any atom is 0.311 e. The topological polar surface area (TPSA) is 152 Å². The van der Waals surface area contributed by atoms with Crippen molar-refractivity contribution in [2.75, 3.05) is 6.54 Å². The minimum absolute atomic E-state index is 0.0573. The molecule has 2 fully saturated rings. The first-order chi connectivity index (χ1) is 13.6. The van der Waals surface area contributed by atoms with Crippen LogP contribution in [0.25, 0.3) is 0 Å². The number of fused-ring (bicyclic) bond motifs is 1. The molecular weight excluding hydrogens is 398 g/mol. The number of aliphatic carboxylic acids is 2. The lowest BCUT2D eigenvalue weighted by atomic mass is 9.62. The van der Waals surface area contributed by atoms with Crippen molar-refractivity contribution >= 4 is 27.6 Å². The molecular formula is C20H25NO7S. The number of carbonyl (C=O) groups excluding carboxylic acids is 1. The van der Waals surface area contributed by atoms with Crippen LogP contribution in [-0.2, 0) is 24.2 Å². The van der Waals surface area contributed by atoms with Crippen LogP contribution in [0.3, 0.4) is 0 Å².